The summed E-state index contributed by atoms with van der Waals surface area (Å²) in [5.41, 5.74) is 0.456. The lowest BCUT2D eigenvalue weighted by Gasteiger charge is -2.39. The fraction of sp³-hybridized carbons (Fsp3) is 0.769. The fourth-order valence-corrected chi connectivity index (χ4v) is 4.95. The Hall–Kier alpha value is 0.190. The van der Waals surface area contributed by atoms with E-state index >= 15 is 0 Å². The van der Waals surface area contributed by atoms with Gasteiger partial charge in [0, 0.05) is 42.7 Å². The van der Waals surface area contributed by atoms with E-state index in [1.54, 1.807) is 0 Å². The Morgan fingerprint density at radius 2 is 2.47 bits per heavy atom. The Balaban J connectivity index is 0.00000133. The highest BCUT2D eigenvalue weighted by Crippen LogP contribution is 2.35. The van der Waals surface area contributed by atoms with Gasteiger partial charge < -0.3 is 5.32 Å². The molecule has 0 radical (unpaired) electrons. The van der Waals surface area contributed by atoms with E-state index in [2.05, 4.69) is 39.3 Å². The van der Waals surface area contributed by atoms with Crippen molar-refractivity contribution in [3.63, 3.8) is 0 Å². The molecule has 108 valence electrons. The summed E-state index contributed by atoms with van der Waals surface area (Å²) in [4.78, 5) is 7.20. The lowest BCUT2D eigenvalue weighted by Crippen LogP contribution is -2.43. The van der Waals surface area contributed by atoms with Gasteiger partial charge in [0.05, 0.1) is 6.04 Å². The van der Waals surface area contributed by atoms with Gasteiger partial charge in [0.15, 0.2) is 0 Å². The normalized spacial score (nSPS) is 32.2. The zero-order chi connectivity index (χ0) is 12.4. The van der Waals surface area contributed by atoms with E-state index in [9.17, 15) is 0 Å². The highest BCUT2D eigenvalue weighted by atomic mass is 35.5. The number of rotatable bonds is 3. The molecular formula is C13H22ClN3S2. The molecule has 2 aliphatic heterocycles. The van der Waals surface area contributed by atoms with E-state index in [4.69, 9.17) is 0 Å². The van der Waals surface area contributed by atoms with E-state index in [0.717, 1.165) is 0 Å². The van der Waals surface area contributed by atoms with Crippen LogP contribution < -0.4 is 5.32 Å². The molecule has 2 atom stereocenters. The van der Waals surface area contributed by atoms with Gasteiger partial charge in [-0.2, -0.15) is 11.8 Å². The maximum atomic E-state index is 4.54. The summed E-state index contributed by atoms with van der Waals surface area (Å²) in [6, 6.07) is 0.543. The van der Waals surface area contributed by atoms with Crippen molar-refractivity contribution in [3.05, 3.63) is 16.6 Å². The molecule has 0 aliphatic carbocycles. The van der Waals surface area contributed by atoms with Crippen molar-refractivity contribution in [1.82, 2.24) is 15.2 Å². The lowest BCUT2D eigenvalue weighted by atomic mass is 9.88. The first kappa shape index (κ1) is 15.6. The molecule has 0 spiro atoms. The third kappa shape index (κ3) is 3.64. The molecule has 0 bridgehead atoms. The molecular weight excluding hydrogens is 298 g/mol. The summed E-state index contributed by atoms with van der Waals surface area (Å²) in [6.45, 7) is 7.20. The lowest BCUT2D eigenvalue weighted by molar-refractivity contribution is 0.143. The Kier molecular flexibility index (Phi) is 5.55. The van der Waals surface area contributed by atoms with Crippen LogP contribution in [0.4, 0.5) is 0 Å². The van der Waals surface area contributed by atoms with Crippen molar-refractivity contribution in [2.45, 2.75) is 19.4 Å². The van der Waals surface area contributed by atoms with E-state index in [0.29, 0.717) is 11.5 Å². The van der Waals surface area contributed by atoms with Crippen LogP contribution in [-0.2, 0) is 0 Å². The van der Waals surface area contributed by atoms with Gasteiger partial charge in [-0.15, -0.1) is 23.7 Å². The molecule has 0 saturated carbocycles. The summed E-state index contributed by atoms with van der Waals surface area (Å²) >= 11 is 3.88. The number of halogens is 1. The van der Waals surface area contributed by atoms with E-state index in [1.807, 2.05) is 17.5 Å². The van der Waals surface area contributed by atoms with Crippen molar-refractivity contribution < 1.29 is 0 Å². The number of nitrogens with zero attached hydrogens (tertiary/aromatic N) is 2. The standard InChI is InChI=1S/C13H21N3S2.ClH/c1-13(2-3-14-9-13)10-16-5-7-17-8-11(16)12-15-4-6-18-12;/h4,6,11,14H,2-3,5,7-10H2,1H3;1H. The molecule has 1 aromatic rings. The van der Waals surface area contributed by atoms with Gasteiger partial charge in [0.1, 0.15) is 5.01 Å². The molecule has 0 aromatic carbocycles. The molecule has 3 nitrogen and oxygen atoms in total. The SMILES string of the molecule is CC1(CN2CCSCC2c2nccs2)CCNC1.Cl. The Labute approximate surface area is 130 Å². The topological polar surface area (TPSA) is 28.2 Å². The molecule has 2 fully saturated rings. The monoisotopic (exact) mass is 319 g/mol. The fourth-order valence-electron chi connectivity index (χ4n) is 2.95. The molecule has 0 amide bonds. The number of thiazole rings is 1. The van der Waals surface area contributed by atoms with Crippen LogP contribution in [0.3, 0.4) is 0 Å². The Bertz CT molecular complexity index is 379. The van der Waals surface area contributed by atoms with Crippen LogP contribution in [0.1, 0.15) is 24.4 Å². The van der Waals surface area contributed by atoms with Gasteiger partial charge in [-0.25, -0.2) is 4.98 Å². The number of hydrogen-bond acceptors (Lipinski definition) is 5. The predicted octanol–water partition coefficient (Wildman–Crippen LogP) is 2.65. The van der Waals surface area contributed by atoms with Crippen molar-refractivity contribution in [1.29, 1.82) is 0 Å². The zero-order valence-corrected chi connectivity index (χ0v) is 13.8. The summed E-state index contributed by atoms with van der Waals surface area (Å²) in [5, 5.41) is 6.91. The first-order chi connectivity index (χ1) is 8.77. The van der Waals surface area contributed by atoms with Crippen molar-refractivity contribution in [3.8, 4) is 0 Å². The minimum absolute atomic E-state index is 0. The highest BCUT2D eigenvalue weighted by molar-refractivity contribution is 7.99. The number of aromatic nitrogens is 1. The molecule has 1 N–H and O–H groups in total. The minimum Gasteiger partial charge on any atom is -0.316 e. The van der Waals surface area contributed by atoms with Crippen molar-refractivity contribution in [2.24, 2.45) is 5.41 Å². The molecule has 2 saturated heterocycles. The molecule has 6 heteroatoms. The molecule has 3 heterocycles. The maximum Gasteiger partial charge on any atom is 0.111 e. The number of thioether (sulfide) groups is 1. The summed E-state index contributed by atoms with van der Waals surface area (Å²) in [6.07, 6.45) is 3.25. The van der Waals surface area contributed by atoms with E-state index in [1.165, 1.54) is 49.1 Å². The van der Waals surface area contributed by atoms with Crippen LogP contribution in [0.5, 0.6) is 0 Å². The molecule has 1 aromatic heterocycles. The first-order valence-corrected chi connectivity index (χ1v) is 8.72. The van der Waals surface area contributed by atoms with Crippen LogP contribution >= 0.6 is 35.5 Å². The second kappa shape index (κ2) is 6.76. The van der Waals surface area contributed by atoms with Crippen LogP contribution in [0.25, 0.3) is 0 Å². The van der Waals surface area contributed by atoms with Gasteiger partial charge in [-0.3, -0.25) is 4.90 Å². The number of nitrogens with one attached hydrogen (secondary N) is 1. The quantitative estimate of drug-likeness (QED) is 0.927. The second-order valence-corrected chi connectivity index (χ2v) is 7.74. The van der Waals surface area contributed by atoms with E-state index < -0.39 is 0 Å². The zero-order valence-electron chi connectivity index (χ0n) is 11.3. The summed E-state index contributed by atoms with van der Waals surface area (Å²) < 4.78 is 0. The number of hydrogen-bond donors (Lipinski definition) is 1. The van der Waals surface area contributed by atoms with Gasteiger partial charge in [-0.05, 0) is 18.4 Å². The third-order valence-corrected chi connectivity index (χ3v) is 5.92. The smallest absolute Gasteiger partial charge is 0.111 e. The Morgan fingerprint density at radius 1 is 1.58 bits per heavy atom. The van der Waals surface area contributed by atoms with E-state index in [-0.39, 0.29) is 12.4 Å². The maximum absolute atomic E-state index is 4.54. The van der Waals surface area contributed by atoms with Gasteiger partial charge in [-0.1, -0.05) is 6.92 Å². The van der Waals surface area contributed by atoms with Gasteiger partial charge in [0.2, 0.25) is 0 Å². The Morgan fingerprint density at radius 3 is 3.16 bits per heavy atom. The van der Waals surface area contributed by atoms with Crippen LogP contribution in [0.15, 0.2) is 11.6 Å². The van der Waals surface area contributed by atoms with Crippen molar-refractivity contribution >= 4 is 35.5 Å². The van der Waals surface area contributed by atoms with Gasteiger partial charge in [0.25, 0.3) is 0 Å². The highest BCUT2D eigenvalue weighted by Gasteiger charge is 2.35. The van der Waals surface area contributed by atoms with Crippen molar-refractivity contribution in [2.75, 3.05) is 37.7 Å². The molecule has 2 unspecified atom stereocenters. The minimum atomic E-state index is 0. The largest absolute Gasteiger partial charge is 0.316 e. The average molecular weight is 320 g/mol. The third-order valence-electron chi connectivity index (χ3n) is 4.02. The van der Waals surface area contributed by atoms with Crippen LogP contribution in [-0.4, -0.2) is 47.6 Å². The van der Waals surface area contributed by atoms with Crippen LogP contribution in [0.2, 0.25) is 0 Å². The van der Waals surface area contributed by atoms with Crippen LogP contribution in [0, 0.1) is 5.41 Å². The van der Waals surface area contributed by atoms with Gasteiger partial charge >= 0.3 is 0 Å². The molecule has 3 rings (SSSR count). The summed E-state index contributed by atoms with van der Waals surface area (Å²) in [5.74, 6) is 2.47. The average Bonchev–Trinajstić information content (AvgIpc) is 3.01. The second-order valence-electron chi connectivity index (χ2n) is 5.67. The summed E-state index contributed by atoms with van der Waals surface area (Å²) in [7, 11) is 0. The molecule has 19 heavy (non-hydrogen) atoms. The first-order valence-electron chi connectivity index (χ1n) is 6.69. The molecule has 2 aliphatic rings. The predicted molar refractivity (Wildman–Crippen MR) is 86.6 cm³/mol.